The standard InChI is InChI=1S/C26H23ClN2O5/c1-16(30)29-24(17-6-10-20(32-2)11-7-17)15-23(28-29)22-13-12-21(33-3)14-25(22)34-26(31)18-4-8-19(27)9-5-18/h4-14,24H,15H2,1-3H3/t24-/m1/s1. The molecule has 174 valence electrons. The van der Waals surface area contributed by atoms with Gasteiger partial charge in [-0.3, -0.25) is 4.79 Å². The Bertz CT molecular complexity index is 1240. The minimum Gasteiger partial charge on any atom is -0.497 e. The Morgan fingerprint density at radius 2 is 1.59 bits per heavy atom. The summed E-state index contributed by atoms with van der Waals surface area (Å²) in [5.74, 6) is 0.807. The Balaban J connectivity index is 1.67. The van der Waals surface area contributed by atoms with Gasteiger partial charge in [-0.05, 0) is 54.1 Å². The van der Waals surface area contributed by atoms with Crippen LogP contribution < -0.4 is 14.2 Å². The third kappa shape index (κ3) is 4.89. The normalized spacial score (nSPS) is 15.0. The summed E-state index contributed by atoms with van der Waals surface area (Å²) in [7, 11) is 3.13. The molecule has 4 rings (SSSR count). The first-order chi connectivity index (χ1) is 16.4. The van der Waals surface area contributed by atoms with Crippen LogP contribution >= 0.6 is 11.6 Å². The van der Waals surface area contributed by atoms with E-state index in [4.69, 9.17) is 25.8 Å². The number of esters is 1. The van der Waals surface area contributed by atoms with E-state index < -0.39 is 5.97 Å². The number of hydrazone groups is 1. The van der Waals surface area contributed by atoms with Crippen molar-refractivity contribution in [2.24, 2.45) is 5.10 Å². The average molecular weight is 479 g/mol. The molecule has 0 unspecified atom stereocenters. The summed E-state index contributed by atoms with van der Waals surface area (Å²) < 4.78 is 16.3. The molecule has 0 bridgehead atoms. The first-order valence-electron chi connectivity index (χ1n) is 10.6. The summed E-state index contributed by atoms with van der Waals surface area (Å²) >= 11 is 5.92. The molecule has 0 aromatic heterocycles. The second kappa shape index (κ2) is 9.97. The zero-order valence-corrected chi connectivity index (χ0v) is 19.7. The highest BCUT2D eigenvalue weighted by atomic mass is 35.5. The maximum absolute atomic E-state index is 12.8. The first kappa shape index (κ1) is 23.3. The molecule has 1 aliphatic heterocycles. The van der Waals surface area contributed by atoms with E-state index in [1.54, 1.807) is 49.6 Å². The number of carbonyl (C=O) groups excluding carboxylic acids is 2. The van der Waals surface area contributed by atoms with Crippen LogP contribution in [0, 0.1) is 0 Å². The molecule has 3 aromatic rings. The number of amides is 1. The van der Waals surface area contributed by atoms with Gasteiger partial charge in [0, 0.05) is 30.0 Å². The van der Waals surface area contributed by atoms with Crippen LogP contribution in [0.1, 0.15) is 40.9 Å². The van der Waals surface area contributed by atoms with E-state index in [0.29, 0.717) is 34.0 Å². The molecule has 1 atom stereocenters. The van der Waals surface area contributed by atoms with Crippen LogP contribution in [0.25, 0.3) is 0 Å². The molecular formula is C26H23ClN2O5. The molecule has 1 heterocycles. The number of rotatable bonds is 6. The summed E-state index contributed by atoms with van der Waals surface area (Å²) in [4.78, 5) is 25.2. The Hall–Kier alpha value is -3.84. The van der Waals surface area contributed by atoms with E-state index in [9.17, 15) is 9.59 Å². The summed E-state index contributed by atoms with van der Waals surface area (Å²) in [5.41, 5.74) is 2.50. The molecule has 0 radical (unpaired) electrons. The third-order valence-corrected chi connectivity index (χ3v) is 5.77. The van der Waals surface area contributed by atoms with Crippen molar-refractivity contribution in [2.45, 2.75) is 19.4 Å². The van der Waals surface area contributed by atoms with Crippen LogP contribution in [0.4, 0.5) is 0 Å². The van der Waals surface area contributed by atoms with Crippen molar-refractivity contribution < 1.29 is 23.8 Å². The fraction of sp³-hybridized carbons (Fsp3) is 0.192. The van der Waals surface area contributed by atoms with Gasteiger partial charge in [-0.15, -0.1) is 0 Å². The van der Waals surface area contributed by atoms with Crippen molar-refractivity contribution in [2.75, 3.05) is 14.2 Å². The van der Waals surface area contributed by atoms with Gasteiger partial charge in [0.2, 0.25) is 5.91 Å². The molecule has 1 amide bonds. The van der Waals surface area contributed by atoms with Gasteiger partial charge >= 0.3 is 5.97 Å². The Kier molecular flexibility index (Phi) is 6.84. The predicted molar refractivity (Wildman–Crippen MR) is 129 cm³/mol. The highest BCUT2D eigenvalue weighted by molar-refractivity contribution is 6.30. The Morgan fingerprint density at radius 3 is 2.21 bits per heavy atom. The van der Waals surface area contributed by atoms with Gasteiger partial charge in [-0.1, -0.05) is 23.7 Å². The van der Waals surface area contributed by atoms with Crippen molar-refractivity contribution in [3.63, 3.8) is 0 Å². The minimum atomic E-state index is -0.542. The van der Waals surface area contributed by atoms with E-state index >= 15 is 0 Å². The van der Waals surface area contributed by atoms with Gasteiger partial charge in [-0.25, -0.2) is 9.80 Å². The number of methoxy groups -OCH3 is 2. The van der Waals surface area contributed by atoms with Crippen molar-refractivity contribution >= 4 is 29.2 Å². The summed E-state index contributed by atoms with van der Waals surface area (Å²) in [6.45, 7) is 1.47. The fourth-order valence-corrected chi connectivity index (χ4v) is 3.87. The lowest BCUT2D eigenvalue weighted by molar-refractivity contribution is -0.130. The van der Waals surface area contributed by atoms with Gasteiger partial charge in [0.25, 0.3) is 0 Å². The number of ether oxygens (including phenoxy) is 3. The lowest BCUT2D eigenvalue weighted by Gasteiger charge is -2.20. The number of halogens is 1. The molecule has 0 saturated carbocycles. The number of benzene rings is 3. The molecule has 7 nitrogen and oxygen atoms in total. The lowest BCUT2D eigenvalue weighted by atomic mass is 9.97. The van der Waals surface area contributed by atoms with Gasteiger partial charge in [0.05, 0.1) is 31.5 Å². The monoisotopic (exact) mass is 478 g/mol. The van der Waals surface area contributed by atoms with Crippen LogP contribution in [0.3, 0.4) is 0 Å². The van der Waals surface area contributed by atoms with E-state index in [-0.39, 0.29) is 17.7 Å². The summed E-state index contributed by atoms with van der Waals surface area (Å²) in [6, 6.07) is 18.8. The molecule has 0 aliphatic carbocycles. The van der Waals surface area contributed by atoms with E-state index in [1.165, 1.54) is 19.0 Å². The molecule has 0 fully saturated rings. The smallest absolute Gasteiger partial charge is 0.343 e. The van der Waals surface area contributed by atoms with Crippen LogP contribution in [0.15, 0.2) is 71.8 Å². The van der Waals surface area contributed by atoms with Crippen LogP contribution in [-0.2, 0) is 4.79 Å². The molecule has 0 N–H and O–H groups in total. The molecular weight excluding hydrogens is 456 g/mol. The van der Waals surface area contributed by atoms with Crippen LogP contribution in [0.2, 0.25) is 5.02 Å². The Labute approximate surface area is 202 Å². The largest absolute Gasteiger partial charge is 0.497 e. The minimum absolute atomic E-state index is 0.191. The van der Waals surface area contributed by atoms with E-state index in [2.05, 4.69) is 5.10 Å². The molecule has 0 spiro atoms. The van der Waals surface area contributed by atoms with Crippen molar-refractivity contribution in [1.29, 1.82) is 0 Å². The maximum atomic E-state index is 12.8. The molecule has 34 heavy (non-hydrogen) atoms. The molecule has 1 aliphatic rings. The van der Waals surface area contributed by atoms with Crippen molar-refractivity contribution in [3.05, 3.63) is 88.4 Å². The summed E-state index contributed by atoms with van der Waals surface area (Å²) in [6.07, 6.45) is 0.448. The molecule has 3 aromatic carbocycles. The zero-order chi connectivity index (χ0) is 24.2. The van der Waals surface area contributed by atoms with Gasteiger partial charge in [-0.2, -0.15) is 5.10 Å². The lowest BCUT2D eigenvalue weighted by Crippen LogP contribution is -2.24. The number of hydrogen-bond donors (Lipinski definition) is 0. The second-order valence-corrected chi connectivity index (χ2v) is 8.10. The van der Waals surface area contributed by atoms with Gasteiger partial charge in [0.1, 0.15) is 17.2 Å². The SMILES string of the molecule is COc1ccc([C@H]2CC(c3ccc(OC)cc3OC(=O)c3ccc(Cl)cc3)=NN2C(C)=O)cc1. The van der Waals surface area contributed by atoms with Crippen LogP contribution in [-0.4, -0.2) is 36.8 Å². The van der Waals surface area contributed by atoms with Gasteiger partial charge in [0.15, 0.2) is 0 Å². The maximum Gasteiger partial charge on any atom is 0.343 e. The highest BCUT2D eigenvalue weighted by Crippen LogP contribution is 2.37. The highest BCUT2D eigenvalue weighted by Gasteiger charge is 2.33. The fourth-order valence-electron chi connectivity index (χ4n) is 3.75. The van der Waals surface area contributed by atoms with E-state index in [0.717, 1.165) is 11.3 Å². The molecule has 0 saturated heterocycles. The number of carbonyl (C=O) groups is 2. The quantitative estimate of drug-likeness (QED) is 0.356. The molecule has 8 heteroatoms. The topological polar surface area (TPSA) is 77.4 Å². The van der Waals surface area contributed by atoms with Crippen molar-refractivity contribution in [3.8, 4) is 17.2 Å². The van der Waals surface area contributed by atoms with Gasteiger partial charge < -0.3 is 14.2 Å². The summed E-state index contributed by atoms with van der Waals surface area (Å²) in [5, 5.41) is 6.56. The second-order valence-electron chi connectivity index (χ2n) is 7.66. The average Bonchev–Trinajstić information content (AvgIpc) is 3.30. The van der Waals surface area contributed by atoms with Crippen LogP contribution in [0.5, 0.6) is 17.2 Å². The third-order valence-electron chi connectivity index (χ3n) is 5.52. The van der Waals surface area contributed by atoms with Crippen molar-refractivity contribution in [1.82, 2.24) is 5.01 Å². The number of nitrogens with zero attached hydrogens (tertiary/aromatic N) is 2. The zero-order valence-electron chi connectivity index (χ0n) is 18.9. The predicted octanol–water partition coefficient (Wildman–Crippen LogP) is 5.27. The Morgan fingerprint density at radius 1 is 0.941 bits per heavy atom. The number of hydrogen-bond acceptors (Lipinski definition) is 6. The van der Waals surface area contributed by atoms with E-state index in [1.807, 2.05) is 24.3 Å². The first-order valence-corrected chi connectivity index (χ1v) is 10.9.